The smallest absolute Gasteiger partial charge is 0.0713 e. The number of likely N-dealkylation sites (N-methyl/N-ethyl adjacent to an activating group) is 1. The Morgan fingerprint density at radius 1 is 1.39 bits per heavy atom. The van der Waals surface area contributed by atoms with Crippen LogP contribution in [0.2, 0.25) is 0 Å². The van der Waals surface area contributed by atoms with Gasteiger partial charge in [-0.25, -0.2) is 0 Å². The molecule has 0 radical (unpaired) electrons. The first-order valence-corrected chi connectivity index (χ1v) is 6.66. The maximum Gasteiger partial charge on any atom is 0.0713 e. The summed E-state index contributed by atoms with van der Waals surface area (Å²) in [5.74, 6) is 0.565. The molecule has 0 saturated heterocycles. The fraction of sp³-hybridized carbons (Fsp3) is 0.500. The molecule has 18 heavy (non-hydrogen) atoms. The SMILES string of the molecule is CCNCC(=Cc1cccc(COC)c1)C(C)C. The van der Waals surface area contributed by atoms with Gasteiger partial charge in [-0.3, -0.25) is 0 Å². The van der Waals surface area contributed by atoms with E-state index >= 15 is 0 Å². The molecule has 0 aliphatic heterocycles. The van der Waals surface area contributed by atoms with Crippen molar-refractivity contribution in [3.05, 3.63) is 41.0 Å². The van der Waals surface area contributed by atoms with Gasteiger partial charge in [-0.05, 0) is 29.7 Å². The van der Waals surface area contributed by atoms with Crippen molar-refractivity contribution >= 4 is 6.08 Å². The van der Waals surface area contributed by atoms with E-state index < -0.39 is 0 Å². The van der Waals surface area contributed by atoms with E-state index in [1.165, 1.54) is 16.7 Å². The fourth-order valence-electron chi connectivity index (χ4n) is 1.84. The van der Waals surface area contributed by atoms with E-state index in [1.54, 1.807) is 7.11 Å². The Labute approximate surface area is 111 Å². The maximum absolute atomic E-state index is 5.17. The van der Waals surface area contributed by atoms with Gasteiger partial charge in [-0.15, -0.1) is 0 Å². The van der Waals surface area contributed by atoms with Gasteiger partial charge in [0, 0.05) is 13.7 Å². The van der Waals surface area contributed by atoms with Gasteiger partial charge < -0.3 is 10.1 Å². The van der Waals surface area contributed by atoms with Gasteiger partial charge in [-0.2, -0.15) is 0 Å². The molecule has 1 N–H and O–H groups in total. The maximum atomic E-state index is 5.17. The molecule has 0 fully saturated rings. The van der Waals surface area contributed by atoms with Crippen LogP contribution in [0.4, 0.5) is 0 Å². The molecule has 2 nitrogen and oxygen atoms in total. The zero-order chi connectivity index (χ0) is 13.4. The third-order valence-electron chi connectivity index (χ3n) is 2.93. The summed E-state index contributed by atoms with van der Waals surface area (Å²) < 4.78 is 5.17. The van der Waals surface area contributed by atoms with Crippen molar-refractivity contribution in [3.8, 4) is 0 Å². The third kappa shape index (κ3) is 5.03. The van der Waals surface area contributed by atoms with Crippen molar-refractivity contribution in [1.29, 1.82) is 0 Å². The van der Waals surface area contributed by atoms with E-state index in [0.29, 0.717) is 12.5 Å². The Bertz CT molecular complexity index is 382. The molecule has 0 amide bonds. The summed E-state index contributed by atoms with van der Waals surface area (Å²) in [6, 6.07) is 8.52. The van der Waals surface area contributed by atoms with Crippen molar-refractivity contribution in [1.82, 2.24) is 5.32 Å². The zero-order valence-corrected chi connectivity index (χ0v) is 12.0. The Morgan fingerprint density at radius 3 is 2.78 bits per heavy atom. The number of benzene rings is 1. The Morgan fingerprint density at radius 2 is 2.17 bits per heavy atom. The molecule has 0 saturated carbocycles. The number of hydrogen-bond acceptors (Lipinski definition) is 2. The van der Waals surface area contributed by atoms with E-state index in [9.17, 15) is 0 Å². The Hall–Kier alpha value is -1.12. The number of hydrogen-bond donors (Lipinski definition) is 1. The van der Waals surface area contributed by atoms with E-state index in [1.807, 2.05) is 0 Å². The summed E-state index contributed by atoms with van der Waals surface area (Å²) in [7, 11) is 1.73. The quantitative estimate of drug-likeness (QED) is 0.796. The van der Waals surface area contributed by atoms with Crippen LogP contribution in [0.5, 0.6) is 0 Å². The van der Waals surface area contributed by atoms with E-state index in [2.05, 4.69) is 56.4 Å². The van der Waals surface area contributed by atoms with E-state index in [4.69, 9.17) is 4.74 Å². The van der Waals surface area contributed by atoms with Crippen LogP contribution in [0, 0.1) is 5.92 Å². The van der Waals surface area contributed by atoms with Crippen LogP contribution >= 0.6 is 0 Å². The lowest BCUT2D eigenvalue weighted by molar-refractivity contribution is 0.185. The lowest BCUT2D eigenvalue weighted by Crippen LogP contribution is -2.18. The van der Waals surface area contributed by atoms with Crippen LogP contribution in [0.3, 0.4) is 0 Å². The molecule has 0 spiro atoms. The normalized spacial score (nSPS) is 12.2. The fourth-order valence-corrected chi connectivity index (χ4v) is 1.84. The highest BCUT2D eigenvalue weighted by molar-refractivity contribution is 5.54. The average Bonchev–Trinajstić information content (AvgIpc) is 2.35. The minimum absolute atomic E-state index is 0.565. The lowest BCUT2D eigenvalue weighted by Gasteiger charge is -2.12. The minimum Gasteiger partial charge on any atom is -0.380 e. The molecule has 1 aromatic carbocycles. The largest absolute Gasteiger partial charge is 0.380 e. The molecule has 2 heteroatoms. The highest BCUT2D eigenvalue weighted by Gasteiger charge is 2.03. The zero-order valence-electron chi connectivity index (χ0n) is 12.0. The van der Waals surface area contributed by atoms with Gasteiger partial charge in [0.1, 0.15) is 0 Å². The molecule has 0 heterocycles. The summed E-state index contributed by atoms with van der Waals surface area (Å²) in [5, 5.41) is 3.40. The highest BCUT2D eigenvalue weighted by atomic mass is 16.5. The van der Waals surface area contributed by atoms with Crippen LogP contribution in [-0.4, -0.2) is 20.2 Å². The van der Waals surface area contributed by atoms with Crippen LogP contribution in [0.1, 0.15) is 31.9 Å². The summed E-state index contributed by atoms with van der Waals surface area (Å²) in [6.45, 7) is 9.25. The highest BCUT2D eigenvalue weighted by Crippen LogP contribution is 2.15. The van der Waals surface area contributed by atoms with Gasteiger partial charge in [-0.1, -0.05) is 50.6 Å². The molecule has 0 atom stereocenters. The third-order valence-corrected chi connectivity index (χ3v) is 2.93. The van der Waals surface area contributed by atoms with Crippen molar-refractivity contribution in [2.24, 2.45) is 5.92 Å². The molecule has 0 aromatic heterocycles. The molecule has 100 valence electrons. The second kappa shape index (κ2) is 8.06. The van der Waals surface area contributed by atoms with Gasteiger partial charge in [0.05, 0.1) is 6.61 Å². The van der Waals surface area contributed by atoms with Gasteiger partial charge >= 0.3 is 0 Å². The molecule has 0 unspecified atom stereocenters. The van der Waals surface area contributed by atoms with Crippen molar-refractivity contribution < 1.29 is 4.74 Å². The van der Waals surface area contributed by atoms with Crippen molar-refractivity contribution in [2.45, 2.75) is 27.4 Å². The van der Waals surface area contributed by atoms with Crippen molar-refractivity contribution in [2.75, 3.05) is 20.2 Å². The molecule has 0 aliphatic carbocycles. The molecule has 0 bridgehead atoms. The molecule has 1 rings (SSSR count). The average molecular weight is 247 g/mol. The first kappa shape index (κ1) is 14.9. The van der Waals surface area contributed by atoms with Crippen LogP contribution in [-0.2, 0) is 11.3 Å². The van der Waals surface area contributed by atoms with Crippen LogP contribution in [0.25, 0.3) is 6.08 Å². The number of nitrogens with one attached hydrogen (secondary N) is 1. The predicted molar refractivity (Wildman–Crippen MR) is 78.5 cm³/mol. The first-order chi connectivity index (χ1) is 8.67. The summed E-state index contributed by atoms with van der Waals surface area (Å²) >= 11 is 0. The van der Waals surface area contributed by atoms with Gasteiger partial charge in [0.15, 0.2) is 0 Å². The van der Waals surface area contributed by atoms with E-state index in [-0.39, 0.29) is 0 Å². The summed E-state index contributed by atoms with van der Waals surface area (Å²) in [4.78, 5) is 0. The van der Waals surface area contributed by atoms with Crippen molar-refractivity contribution in [3.63, 3.8) is 0 Å². The standard InChI is InChI=1S/C16H25NO/c1-5-17-11-16(13(2)3)10-14-7-6-8-15(9-14)12-18-4/h6-10,13,17H,5,11-12H2,1-4H3. The molecule has 1 aromatic rings. The molecular weight excluding hydrogens is 222 g/mol. The van der Waals surface area contributed by atoms with Gasteiger partial charge in [0.25, 0.3) is 0 Å². The van der Waals surface area contributed by atoms with Crippen LogP contribution < -0.4 is 5.32 Å². The molecule has 0 aliphatic rings. The lowest BCUT2D eigenvalue weighted by atomic mass is 9.99. The van der Waals surface area contributed by atoms with Gasteiger partial charge in [0.2, 0.25) is 0 Å². The van der Waals surface area contributed by atoms with E-state index in [0.717, 1.165) is 13.1 Å². The predicted octanol–water partition coefficient (Wildman–Crippen LogP) is 3.48. The summed E-state index contributed by atoms with van der Waals surface area (Å²) in [6.07, 6.45) is 2.28. The number of ether oxygens (including phenoxy) is 1. The summed E-state index contributed by atoms with van der Waals surface area (Å²) in [5.41, 5.74) is 3.91. The number of methoxy groups -OCH3 is 1. The molecular formula is C16H25NO. The number of rotatable bonds is 7. The Kier molecular flexibility index (Phi) is 6.69. The second-order valence-corrected chi connectivity index (χ2v) is 4.83. The monoisotopic (exact) mass is 247 g/mol. The Balaban J connectivity index is 2.85. The second-order valence-electron chi connectivity index (χ2n) is 4.83. The topological polar surface area (TPSA) is 21.3 Å². The minimum atomic E-state index is 0.565. The first-order valence-electron chi connectivity index (χ1n) is 6.66. The van der Waals surface area contributed by atoms with Crippen LogP contribution in [0.15, 0.2) is 29.8 Å².